The summed E-state index contributed by atoms with van der Waals surface area (Å²) in [6.45, 7) is 8.74. The van der Waals surface area contributed by atoms with Crippen molar-refractivity contribution in [3.05, 3.63) is 107 Å². The van der Waals surface area contributed by atoms with Crippen LogP contribution in [-0.2, 0) is 42.9 Å². The number of methoxy groups -OCH3 is 6. The number of unbranched alkanes of at least 4 members (excludes halogenated alkanes) is 12. The fraction of sp³-hybridized carbons (Fsp3) is 0.500. The lowest BCUT2D eigenvalue weighted by Gasteiger charge is -2.20. The van der Waals surface area contributed by atoms with E-state index < -0.39 is 29.3 Å². The molecule has 0 saturated carbocycles. The summed E-state index contributed by atoms with van der Waals surface area (Å²) >= 11 is 0. The number of carbonyl (C=O) groups excluding carboxylic acids is 5. The first-order valence-electron chi connectivity index (χ1n) is 30.8. The zero-order valence-electron chi connectivity index (χ0n) is 53.7. The van der Waals surface area contributed by atoms with Crippen LogP contribution in [0.15, 0.2) is 85.0 Å². The highest BCUT2D eigenvalue weighted by atomic mass is 16.6. The first-order valence-corrected chi connectivity index (χ1v) is 30.8. The molecule has 89 heavy (non-hydrogen) atoms. The van der Waals surface area contributed by atoms with Crippen LogP contribution in [0.1, 0.15) is 157 Å². The number of benzene rings is 4. The third-order valence-corrected chi connectivity index (χ3v) is 14.3. The Labute approximate surface area is 526 Å². The summed E-state index contributed by atoms with van der Waals surface area (Å²) in [7, 11) is 8.68. The maximum atomic E-state index is 13.8. The van der Waals surface area contributed by atoms with Crippen LogP contribution in [0.25, 0.3) is 18.2 Å². The van der Waals surface area contributed by atoms with E-state index in [1.807, 2.05) is 57.2 Å². The normalized spacial score (nSPS) is 11.3. The van der Waals surface area contributed by atoms with Gasteiger partial charge in [0.05, 0.1) is 106 Å². The summed E-state index contributed by atoms with van der Waals surface area (Å²) in [5.41, 5.74) is 2.06. The molecule has 0 unspecified atom stereocenters. The van der Waals surface area contributed by atoms with Crippen LogP contribution >= 0.6 is 0 Å². The highest BCUT2D eigenvalue weighted by Gasteiger charge is 2.27. The lowest BCUT2D eigenvalue weighted by atomic mass is 9.91. The standard InChI is InChI=1S/C70H94O19/c1-10-70(2,3)69(75)89-46-26-18-17-25-45-88-68(74)55-50-62(85-42-22-13-11-19-39-82-56-33-27-52(47-59(56)76-4)30-36-64(71)79-7)67(87-44-24-16-15-21-41-84-58-35-29-54(49-61(58)78-6)32-38-66(73)81-9)63(51-55)86-43-23-14-12-20-40-83-57-34-28-53(48-60(57)77-5)31-37-65(72)80-8/h27-38,47-51H,10-26,39-46H2,1-9H3/b36-30+,37-31+,38-32+. The monoisotopic (exact) mass is 1240 g/mol. The Morgan fingerprint density at radius 2 is 0.663 bits per heavy atom. The fourth-order valence-corrected chi connectivity index (χ4v) is 8.54. The maximum absolute atomic E-state index is 13.8. The van der Waals surface area contributed by atoms with Crippen LogP contribution in [0.3, 0.4) is 0 Å². The Morgan fingerprint density at radius 3 is 0.978 bits per heavy atom. The highest BCUT2D eigenvalue weighted by Crippen LogP contribution is 2.40. The van der Waals surface area contributed by atoms with E-state index in [0.29, 0.717) is 124 Å². The molecule has 0 aliphatic carbocycles. The molecule has 0 aliphatic heterocycles. The van der Waals surface area contributed by atoms with Gasteiger partial charge in [-0.3, -0.25) is 4.79 Å². The maximum Gasteiger partial charge on any atom is 0.338 e. The van der Waals surface area contributed by atoms with Crippen LogP contribution in [0, 0.1) is 5.41 Å². The molecule has 488 valence electrons. The molecule has 0 fully saturated rings. The van der Waals surface area contributed by atoms with Crippen LogP contribution in [0.2, 0.25) is 0 Å². The zero-order valence-corrected chi connectivity index (χ0v) is 53.7. The number of hydrogen-bond acceptors (Lipinski definition) is 19. The van der Waals surface area contributed by atoms with Crippen molar-refractivity contribution in [3.63, 3.8) is 0 Å². The van der Waals surface area contributed by atoms with Crippen molar-refractivity contribution in [2.75, 3.05) is 95.5 Å². The van der Waals surface area contributed by atoms with Crippen LogP contribution in [0.5, 0.6) is 51.7 Å². The third-order valence-electron chi connectivity index (χ3n) is 14.3. The van der Waals surface area contributed by atoms with E-state index in [-0.39, 0.29) is 18.1 Å². The summed E-state index contributed by atoms with van der Waals surface area (Å²) in [6.07, 6.45) is 22.3. The van der Waals surface area contributed by atoms with Gasteiger partial charge in [0, 0.05) is 18.2 Å². The van der Waals surface area contributed by atoms with Gasteiger partial charge in [-0.05, 0) is 206 Å². The first kappa shape index (κ1) is 73.1. The van der Waals surface area contributed by atoms with Gasteiger partial charge in [-0.15, -0.1) is 0 Å². The fourth-order valence-electron chi connectivity index (χ4n) is 8.54. The average Bonchev–Trinajstić information content (AvgIpc) is 2.76. The molecule has 0 aromatic heterocycles. The molecule has 0 bridgehead atoms. The van der Waals surface area contributed by atoms with Crippen molar-refractivity contribution >= 4 is 48.1 Å². The smallest absolute Gasteiger partial charge is 0.338 e. The van der Waals surface area contributed by atoms with Crippen molar-refractivity contribution < 1.29 is 90.3 Å². The predicted octanol–water partition coefficient (Wildman–Crippen LogP) is 14.0. The Hall–Kier alpha value is -8.35. The summed E-state index contributed by atoms with van der Waals surface area (Å²) in [6, 6.07) is 19.7. The predicted molar refractivity (Wildman–Crippen MR) is 341 cm³/mol. The SMILES string of the molecule is CCC(C)(C)C(=O)OCCCCCCOC(=O)c1cc(OCCCCCCOc2ccc(/C=C/C(=O)OC)cc2OC)c(OCCCCCCOc2ccc(/C=C/C(=O)OC)cc2OC)c(OCCCCCCOc2ccc(/C=C/C(=O)OC)cc2OC)c1. The number of ether oxygens (including phenoxy) is 14. The molecule has 0 N–H and O–H groups in total. The highest BCUT2D eigenvalue weighted by molar-refractivity contribution is 5.91. The van der Waals surface area contributed by atoms with Gasteiger partial charge in [0.1, 0.15) is 0 Å². The molecule has 0 radical (unpaired) electrons. The Bertz CT molecular complexity index is 2760. The molecule has 4 aromatic carbocycles. The van der Waals surface area contributed by atoms with Gasteiger partial charge in [-0.2, -0.15) is 0 Å². The van der Waals surface area contributed by atoms with Crippen molar-refractivity contribution in [3.8, 4) is 51.7 Å². The topological polar surface area (TPSA) is 215 Å². The van der Waals surface area contributed by atoms with Crippen molar-refractivity contribution in [2.24, 2.45) is 5.41 Å². The minimum absolute atomic E-state index is 0.197. The van der Waals surface area contributed by atoms with Gasteiger partial charge in [-0.1, -0.05) is 25.1 Å². The van der Waals surface area contributed by atoms with E-state index in [9.17, 15) is 24.0 Å². The van der Waals surface area contributed by atoms with E-state index >= 15 is 0 Å². The number of carbonyl (C=O) groups is 5. The second-order valence-electron chi connectivity index (χ2n) is 21.4. The van der Waals surface area contributed by atoms with Gasteiger partial charge in [0.15, 0.2) is 46.0 Å². The number of esters is 5. The Balaban J connectivity index is 1.42. The number of hydrogen-bond donors (Lipinski definition) is 0. The molecule has 4 rings (SSSR count). The van der Waals surface area contributed by atoms with Gasteiger partial charge in [0.2, 0.25) is 5.75 Å². The second-order valence-corrected chi connectivity index (χ2v) is 21.4. The lowest BCUT2D eigenvalue weighted by Crippen LogP contribution is -2.26. The van der Waals surface area contributed by atoms with Crippen molar-refractivity contribution in [1.29, 1.82) is 0 Å². The molecule has 19 nitrogen and oxygen atoms in total. The largest absolute Gasteiger partial charge is 0.493 e. The summed E-state index contributed by atoms with van der Waals surface area (Å²) in [5, 5.41) is 0. The van der Waals surface area contributed by atoms with E-state index in [4.69, 9.17) is 66.3 Å². The lowest BCUT2D eigenvalue weighted by molar-refractivity contribution is -0.154. The molecule has 0 spiro atoms. The molecular weight excluding hydrogens is 1140 g/mol. The quantitative estimate of drug-likeness (QED) is 0.0174. The first-order chi connectivity index (χ1) is 43.2. The Kier molecular flexibility index (Phi) is 34.9. The van der Waals surface area contributed by atoms with Gasteiger partial charge in [-0.25, -0.2) is 19.2 Å². The van der Waals surface area contributed by atoms with Crippen molar-refractivity contribution in [1.82, 2.24) is 0 Å². The van der Waals surface area contributed by atoms with Crippen LogP contribution < -0.4 is 42.6 Å². The molecule has 4 aromatic rings. The minimum atomic E-state index is -0.514. The Morgan fingerprint density at radius 1 is 0.360 bits per heavy atom. The summed E-state index contributed by atoms with van der Waals surface area (Å²) < 4.78 is 79.8. The van der Waals surface area contributed by atoms with E-state index in [1.165, 1.54) is 39.6 Å². The zero-order chi connectivity index (χ0) is 64.5. The molecule has 0 atom stereocenters. The van der Waals surface area contributed by atoms with Crippen molar-refractivity contribution in [2.45, 2.75) is 130 Å². The number of rotatable bonds is 46. The molecule has 0 aliphatic rings. The van der Waals surface area contributed by atoms with Gasteiger partial charge >= 0.3 is 29.8 Å². The minimum Gasteiger partial charge on any atom is -0.493 e. The molecule has 0 saturated heterocycles. The molecule has 19 heteroatoms. The molecular formula is C70H94O19. The molecule has 0 heterocycles. The second kappa shape index (κ2) is 42.5. The van der Waals surface area contributed by atoms with E-state index in [0.717, 1.165) is 100 Å². The van der Waals surface area contributed by atoms with E-state index in [1.54, 1.807) is 69.9 Å². The third kappa shape index (κ3) is 28.1. The summed E-state index contributed by atoms with van der Waals surface area (Å²) in [5.74, 6) is 2.56. The van der Waals surface area contributed by atoms with E-state index in [2.05, 4.69) is 0 Å². The van der Waals surface area contributed by atoms with Gasteiger partial charge in [0.25, 0.3) is 0 Å². The molecule has 0 amide bonds. The average molecular weight is 1240 g/mol. The van der Waals surface area contributed by atoms with Gasteiger partial charge < -0.3 is 66.3 Å². The van der Waals surface area contributed by atoms with Crippen LogP contribution in [-0.4, -0.2) is 125 Å². The summed E-state index contributed by atoms with van der Waals surface area (Å²) in [4.78, 5) is 61.0. The van der Waals surface area contributed by atoms with Crippen LogP contribution in [0.4, 0.5) is 0 Å².